The zero-order chi connectivity index (χ0) is 14.9. The zero-order valence-electron chi connectivity index (χ0n) is 11.4. The molecule has 21 heavy (non-hydrogen) atoms. The lowest BCUT2D eigenvalue weighted by molar-refractivity contribution is 0.0975. The number of ether oxygens (including phenoxy) is 1. The highest BCUT2D eigenvalue weighted by Gasteiger charge is 2.23. The first-order chi connectivity index (χ1) is 10.1. The lowest BCUT2D eigenvalue weighted by Gasteiger charge is -2.25. The second-order valence-electron chi connectivity index (χ2n) is 5.05. The third-order valence-corrected chi connectivity index (χ3v) is 5.40. The molecule has 0 fully saturated rings. The van der Waals surface area contributed by atoms with Gasteiger partial charge in [-0.25, -0.2) is 8.42 Å². The molecule has 0 radical (unpaired) electrons. The van der Waals surface area contributed by atoms with Crippen molar-refractivity contribution in [2.45, 2.75) is 28.7 Å². The van der Waals surface area contributed by atoms with Crippen LogP contribution in [0.15, 0.2) is 58.3 Å². The van der Waals surface area contributed by atoms with Gasteiger partial charge in [0.1, 0.15) is 11.9 Å². The summed E-state index contributed by atoms with van der Waals surface area (Å²) in [4.78, 5) is 0.477. The molecule has 0 aliphatic carbocycles. The average molecular weight is 304 g/mol. The van der Waals surface area contributed by atoms with E-state index in [1.165, 1.54) is 0 Å². The van der Waals surface area contributed by atoms with Gasteiger partial charge >= 0.3 is 0 Å². The predicted molar refractivity (Wildman–Crippen MR) is 78.2 cm³/mol. The molecule has 1 N–H and O–H groups in total. The van der Waals surface area contributed by atoms with Gasteiger partial charge < -0.3 is 9.84 Å². The summed E-state index contributed by atoms with van der Waals surface area (Å²) in [6.07, 6.45) is 1.27. The molecule has 1 heterocycles. The first-order valence-corrected chi connectivity index (χ1v) is 8.30. The maximum absolute atomic E-state index is 12.6. The molecule has 1 unspecified atom stereocenters. The van der Waals surface area contributed by atoms with Crippen molar-refractivity contribution in [3.63, 3.8) is 0 Å². The van der Waals surface area contributed by atoms with Crippen LogP contribution < -0.4 is 4.74 Å². The fraction of sp³-hybridized carbons (Fsp3) is 0.250. The minimum atomic E-state index is -3.54. The number of fused-ring (bicyclic) bond motifs is 1. The van der Waals surface area contributed by atoms with E-state index in [9.17, 15) is 13.5 Å². The maximum atomic E-state index is 12.6. The second kappa shape index (κ2) is 5.50. The third-order valence-electron chi connectivity index (χ3n) is 3.64. The molecule has 3 rings (SSSR count). The van der Waals surface area contributed by atoms with E-state index in [4.69, 9.17) is 4.74 Å². The highest BCUT2D eigenvalue weighted by atomic mass is 32.2. The number of hydrogen-bond donors (Lipinski definition) is 1. The van der Waals surface area contributed by atoms with E-state index >= 15 is 0 Å². The van der Waals surface area contributed by atoms with E-state index in [0.717, 1.165) is 18.4 Å². The molecule has 0 amide bonds. The van der Waals surface area contributed by atoms with Crippen LogP contribution in [0, 0.1) is 0 Å². The number of aryl methyl sites for hydroxylation is 1. The Kier molecular flexibility index (Phi) is 3.69. The lowest BCUT2D eigenvalue weighted by atomic mass is 10.0. The molecule has 0 bridgehead atoms. The minimum Gasteiger partial charge on any atom is -0.488 e. The molecule has 110 valence electrons. The Labute approximate surface area is 123 Å². The van der Waals surface area contributed by atoms with Gasteiger partial charge in [-0.3, -0.25) is 0 Å². The van der Waals surface area contributed by atoms with Gasteiger partial charge in [0.05, 0.1) is 16.4 Å². The van der Waals surface area contributed by atoms with Crippen LogP contribution in [0.25, 0.3) is 0 Å². The largest absolute Gasteiger partial charge is 0.488 e. The van der Waals surface area contributed by atoms with Crippen LogP contribution in [0.4, 0.5) is 0 Å². The summed E-state index contributed by atoms with van der Waals surface area (Å²) < 4.78 is 30.8. The Morgan fingerprint density at radius 2 is 1.86 bits per heavy atom. The fourth-order valence-corrected chi connectivity index (χ4v) is 3.73. The predicted octanol–water partition coefficient (Wildman–Crippen LogP) is 2.21. The Hall–Kier alpha value is -1.85. The van der Waals surface area contributed by atoms with Crippen LogP contribution in [-0.2, 0) is 16.3 Å². The Morgan fingerprint density at radius 3 is 2.57 bits per heavy atom. The molecule has 2 aromatic carbocycles. The summed E-state index contributed by atoms with van der Waals surface area (Å²) in [5, 5.41) is 9.18. The Bertz CT molecular complexity index is 738. The zero-order valence-corrected chi connectivity index (χ0v) is 12.2. The van der Waals surface area contributed by atoms with Crippen LogP contribution >= 0.6 is 0 Å². The molecule has 1 atom stereocenters. The molecule has 1 aliphatic heterocycles. The average Bonchev–Trinajstić information content (AvgIpc) is 2.54. The van der Waals surface area contributed by atoms with Gasteiger partial charge in [-0.15, -0.1) is 0 Å². The summed E-state index contributed by atoms with van der Waals surface area (Å²) in [5.41, 5.74) is 0.978. The van der Waals surface area contributed by atoms with Crippen LogP contribution in [-0.4, -0.2) is 26.2 Å². The van der Waals surface area contributed by atoms with Crippen molar-refractivity contribution in [2.24, 2.45) is 0 Å². The minimum absolute atomic E-state index is 0.0604. The van der Waals surface area contributed by atoms with Crippen LogP contribution in [0.1, 0.15) is 12.0 Å². The maximum Gasteiger partial charge on any atom is 0.206 e. The van der Waals surface area contributed by atoms with Crippen molar-refractivity contribution in [1.29, 1.82) is 0 Å². The van der Waals surface area contributed by atoms with E-state index in [1.807, 2.05) is 0 Å². The van der Waals surface area contributed by atoms with Crippen LogP contribution in [0.2, 0.25) is 0 Å². The van der Waals surface area contributed by atoms with E-state index in [-0.39, 0.29) is 22.5 Å². The molecular weight excluding hydrogens is 288 g/mol. The summed E-state index contributed by atoms with van der Waals surface area (Å²) in [6, 6.07) is 13.3. The molecule has 2 aromatic rings. The first-order valence-electron chi connectivity index (χ1n) is 6.82. The van der Waals surface area contributed by atoms with Crippen molar-refractivity contribution < 1.29 is 18.3 Å². The number of aliphatic hydroxyl groups excluding tert-OH is 1. The first kappa shape index (κ1) is 14.1. The molecule has 5 heteroatoms. The lowest BCUT2D eigenvalue weighted by Crippen LogP contribution is -2.26. The quantitative estimate of drug-likeness (QED) is 0.944. The third kappa shape index (κ3) is 2.66. The summed E-state index contributed by atoms with van der Waals surface area (Å²) in [5.74, 6) is 0.553. The summed E-state index contributed by atoms with van der Waals surface area (Å²) in [6.45, 7) is -0.0604. The molecule has 0 spiro atoms. The van der Waals surface area contributed by atoms with Gasteiger partial charge in [-0.05, 0) is 42.7 Å². The smallest absolute Gasteiger partial charge is 0.206 e. The number of sulfone groups is 1. The van der Waals surface area contributed by atoms with Gasteiger partial charge in [0.15, 0.2) is 0 Å². The summed E-state index contributed by atoms with van der Waals surface area (Å²) in [7, 11) is -3.54. The highest BCUT2D eigenvalue weighted by Crippen LogP contribution is 2.32. The van der Waals surface area contributed by atoms with E-state index in [0.29, 0.717) is 5.75 Å². The molecule has 0 saturated heterocycles. The molecule has 0 aromatic heterocycles. The molecular formula is C16H16O4S. The van der Waals surface area contributed by atoms with Gasteiger partial charge in [0.25, 0.3) is 0 Å². The van der Waals surface area contributed by atoms with Crippen LogP contribution in [0.3, 0.4) is 0 Å². The topological polar surface area (TPSA) is 63.6 Å². The van der Waals surface area contributed by atoms with Crippen molar-refractivity contribution in [3.05, 3.63) is 54.1 Å². The van der Waals surface area contributed by atoms with Gasteiger partial charge in [-0.1, -0.05) is 24.3 Å². The number of hydrogen-bond acceptors (Lipinski definition) is 4. The number of benzene rings is 2. The van der Waals surface area contributed by atoms with Gasteiger partial charge in [0, 0.05) is 0 Å². The second-order valence-corrected chi connectivity index (χ2v) is 7.00. The summed E-state index contributed by atoms with van der Waals surface area (Å²) >= 11 is 0. The van der Waals surface area contributed by atoms with E-state index in [1.54, 1.807) is 48.5 Å². The molecule has 4 nitrogen and oxygen atoms in total. The molecule has 1 aliphatic rings. The van der Waals surface area contributed by atoms with Crippen molar-refractivity contribution in [2.75, 3.05) is 6.61 Å². The van der Waals surface area contributed by atoms with Crippen molar-refractivity contribution in [1.82, 2.24) is 0 Å². The van der Waals surface area contributed by atoms with Gasteiger partial charge in [-0.2, -0.15) is 0 Å². The van der Waals surface area contributed by atoms with Gasteiger partial charge in [0.2, 0.25) is 9.84 Å². The number of aliphatic hydroxyl groups is 1. The fourth-order valence-electron chi connectivity index (χ4n) is 2.44. The Balaban J connectivity index is 2.01. The normalized spacial score (nSPS) is 17.9. The van der Waals surface area contributed by atoms with Crippen molar-refractivity contribution in [3.8, 4) is 5.75 Å². The highest BCUT2D eigenvalue weighted by molar-refractivity contribution is 7.91. The van der Waals surface area contributed by atoms with Crippen LogP contribution in [0.5, 0.6) is 5.75 Å². The van der Waals surface area contributed by atoms with E-state index in [2.05, 4.69) is 0 Å². The standard InChI is InChI=1S/C16H16O4S/c17-11-13-8-6-12-7-9-15(10-16(12)20-13)21(18,19)14-4-2-1-3-5-14/h1-5,7,9-10,13,17H,6,8,11H2. The monoisotopic (exact) mass is 304 g/mol. The van der Waals surface area contributed by atoms with Crippen molar-refractivity contribution >= 4 is 9.84 Å². The Morgan fingerprint density at radius 1 is 1.10 bits per heavy atom. The number of rotatable bonds is 3. The van der Waals surface area contributed by atoms with E-state index < -0.39 is 9.84 Å². The molecule has 0 saturated carbocycles. The SMILES string of the molecule is O=S(=O)(c1ccccc1)c1ccc2c(c1)OC(CO)CC2.